The van der Waals surface area contributed by atoms with E-state index >= 15 is 0 Å². The number of aromatic nitrogens is 3. The first-order valence-corrected chi connectivity index (χ1v) is 10.6. The molecule has 5 rings (SSSR count). The molecule has 0 radical (unpaired) electrons. The van der Waals surface area contributed by atoms with Gasteiger partial charge in [-0.15, -0.1) is 4.91 Å². The first-order chi connectivity index (χ1) is 17.0. The predicted molar refractivity (Wildman–Crippen MR) is 132 cm³/mol. The Balaban J connectivity index is 1.67. The maximum Gasteiger partial charge on any atom is 0.167 e. The van der Waals surface area contributed by atoms with Crippen LogP contribution >= 0.6 is 0 Å². The highest BCUT2D eigenvalue weighted by Crippen LogP contribution is 2.35. The van der Waals surface area contributed by atoms with Gasteiger partial charge in [0.05, 0.1) is 5.56 Å². The summed E-state index contributed by atoms with van der Waals surface area (Å²) in [6, 6.07) is 25.8. The summed E-state index contributed by atoms with van der Waals surface area (Å²) in [6.07, 6.45) is 0. The number of aromatic hydroxyl groups is 3. The SMILES string of the molecule is O=Nc1cc(O)ccc1-c1nc(-c2ccc(-c3ccccc3)cc2)nc(-c2ccc(O)cc2O)n1. The van der Waals surface area contributed by atoms with Gasteiger partial charge in [-0.1, -0.05) is 54.6 Å². The molecular formula is C27H18N4O4. The van der Waals surface area contributed by atoms with Crippen molar-refractivity contribution in [3.8, 4) is 62.5 Å². The minimum Gasteiger partial charge on any atom is -0.508 e. The molecule has 35 heavy (non-hydrogen) atoms. The van der Waals surface area contributed by atoms with E-state index in [1.54, 1.807) is 0 Å². The van der Waals surface area contributed by atoms with Gasteiger partial charge in [-0.05, 0) is 40.6 Å². The lowest BCUT2D eigenvalue weighted by atomic mass is 10.0. The number of benzene rings is 4. The Bertz CT molecular complexity index is 1540. The van der Waals surface area contributed by atoms with E-state index in [2.05, 4.69) is 20.1 Å². The average Bonchev–Trinajstić information content (AvgIpc) is 2.89. The second kappa shape index (κ2) is 9.03. The van der Waals surface area contributed by atoms with Crippen molar-refractivity contribution in [1.82, 2.24) is 15.0 Å². The number of phenols is 3. The molecular weight excluding hydrogens is 444 g/mol. The third-order valence-electron chi connectivity index (χ3n) is 5.43. The van der Waals surface area contributed by atoms with Crippen molar-refractivity contribution < 1.29 is 15.3 Å². The molecule has 0 aliphatic carbocycles. The maximum atomic E-state index is 11.4. The predicted octanol–water partition coefficient (Wildman–Crippen LogP) is 6.05. The van der Waals surface area contributed by atoms with Gasteiger partial charge in [0.25, 0.3) is 0 Å². The van der Waals surface area contributed by atoms with Crippen molar-refractivity contribution in [2.24, 2.45) is 5.18 Å². The zero-order chi connectivity index (χ0) is 24.4. The number of phenolic OH excluding ortho intramolecular Hbond substituents is 3. The minimum absolute atomic E-state index is 0.0394. The summed E-state index contributed by atoms with van der Waals surface area (Å²) >= 11 is 0. The van der Waals surface area contributed by atoms with Crippen molar-refractivity contribution in [3.05, 3.63) is 95.9 Å². The van der Waals surface area contributed by atoms with Crippen LogP contribution in [0.25, 0.3) is 45.3 Å². The minimum atomic E-state index is -0.216. The Hall–Kier alpha value is -5.11. The summed E-state index contributed by atoms with van der Waals surface area (Å²) in [5.74, 6) is 0.140. The van der Waals surface area contributed by atoms with E-state index in [0.29, 0.717) is 17.0 Å². The molecule has 0 unspecified atom stereocenters. The molecule has 8 nitrogen and oxygen atoms in total. The third-order valence-corrected chi connectivity index (χ3v) is 5.43. The molecule has 3 N–H and O–H groups in total. The van der Waals surface area contributed by atoms with Crippen LogP contribution in [-0.4, -0.2) is 30.3 Å². The molecule has 8 heteroatoms. The lowest BCUT2D eigenvalue weighted by Crippen LogP contribution is -2.00. The van der Waals surface area contributed by atoms with Crippen molar-refractivity contribution >= 4 is 5.69 Å². The topological polar surface area (TPSA) is 129 Å². The maximum absolute atomic E-state index is 11.4. The fourth-order valence-corrected chi connectivity index (χ4v) is 3.68. The molecule has 1 aromatic heterocycles. The van der Waals surface area contributed by atoms with Crippen molar-refractivity contribution in [2.75, 3.05) is 0 Å². The van der Waals surface area contributed by atoms with Crippen molar-refractivity contribution in [2.45, 2.75) is 0 Å². The van der Waals surface area contributed by atoms with Gasteiger partial charge in [-0.3, -0.25) is 0 Å². The van der Waals surface area contributed by atoms with E-state index in [0.717, 1.165) is 11.1 Å². The normalized spacial score (nSPS) is 10.7. The van der Waals surface area contributed by atoms with Crippen molar-refractivity contribution in [1.29, 1.82) is 0 Å². The molecule has 0 atom stereocenters. The highest BCUT2D eigenvalue weighted by atomic mass is 16.3. The molecule has 4 aromatic carbocycles. The Labute approximate surface area is 199 Å². The van der Waals surface area contributed by atoms with Crippen LogP contribution in [0, 0.1) is 4.91 Å². The van der Waals surface area contributed by atoms with Gasteiger partial charge in [-0.2, -0.15) is 0 Å². The van der Waals surface area contributed by atoms with Crippen molar-refractivity contribution in [3.63, 3.8) is 0 Å². The highest BCUT2D eigenvalue weighted by Gasteiger charge is 2.17. The largest absolute Gasteiger partial charge is 0.508 e. The van der Waals surface area contributed by atoms with Gasteiger partial charge < -0.3 is 15.3 Å². The Kier molecular flexibility index (Phi) is 5.60. The lowest BCUT2D eigenvalue weighted by Gasteiger charge is -2.11. The number of hydrogen-bond donors (Lipinski definition) is 3. The molecule has 0 saturated heterocycles. The fraction of sp³-hybridized carbons (Fsp3) is 0. The quantitative estimate of drug-likeness (QED) is 0.271. The Morgan fingerprint density at radius 3 is 1.74 bits per heavy atom. The first-order valence-electron chi connectivity index (χ1n) is 10.6. The second-order valence-electron chi connectivity index (χ2n) is 7.74. The number of hydrogen-bond acceptors (Lipinski definition) is 8. The fourth-order valence-electron chi connectivity index (χ4n) is 3.68. The molecule has 0 amide bonds. The standard InChI is InChI=1S/C27H18N4O4/c32-19-10-12-21(23(14-19)31-35)26-28-25(29-27(30-26)22-13-11-20(33)15-24(22)34)18-8-6-17(7-9-18)16-4-2-1-3-5-16/h1-15,32-34H. The van der Waals surface area contributed by atoms with E-state index in [9.17, 15) is 20.2 Å². The van der Waals surface area contributed by atoms with Crippen LogP contribution in [0.3, 0.4) is 0 Å². The molecule has 0 bridgehead atoms. The van der Waals surface area contributed by atoms with Gasteiger partial charge in [0.15, 0.2) is 17.5 Å². The molecule has 0 fully saturated rings. The van der Waals surface area contributed by atoms with Crippen LogP contribution < -0.4 is 0 Å². The molecule has 0 saturated carbocycles. The smallest absolute Gasteiger partial charge is 0.167 e. The monoisotopic (exact) mass is 462 g/mol. The summed E-state index contributed by atoms with van der Waals surface area (Å²) in [5, 5.41) is 32.8. The lowest BCUT2D eigenvalue weighted by molar-refractivity contribution is 0.451. The third kappa shape index (κ3) is 4.40. The van der Waals surface area contributed by atoms with Gasteiger partial charge in [0.2, 0.25) is 0 Å². The van der Waals surface area contributed by atoms with E-state index in [4.69, 9.17) is 0 Å². The van der Waals surface area contributed by atoms with Gasteiger partial charge in [-0.25, -0.2) is 15.0 Å². The second-order valence-corrected chi connectivity index (χ2v) is 7.74. The zero-order valence-corrected chi connectivity index (χ0v) is 18.2. The summed E-state index contributed by atoms with van der Waals surface area (Å²) < 4.78 is 0. The zero-order valence-electron chi connectivity index (χ0n) is 18.2. The summed E-state index contributed by atoms with van der Waals surface area (Å²) in [5.41, 5.74) is 3.30. The van der Waals surface area contributed by atoms with Crippen LogP contribution in [-0.2, 0) is 0 Å². The summed E-state index contributed by atoms with van der Waals surface area (Å²) in [7, 11) is 0. The Morgan fingerprint density at radius 2 is 1.09 bits per heavy atom. The molecule has 1 heterocycles. The average molecular weight is 462 g/mol. The molecule has 0 aliphatic rings. The van der Waals surface area contributed by atoms with Gasteiger partial charge >= 0.3 is 0 Å². The summed E-state index contributed by atoms with van der Waals surface area (Å²) in [4.78, 5) is 25.0. The van der Waals surface area contributed by atoms with E-state index in [1.807, 2.05) is 54.6 Å². The van der Waals surface area contributed by atoms with Gasteiger partial charge in [0, 0.05) is 23.3 Å². The van der Waals surface area contributed by atoms with Crippen LogP contribution in [0.1, 0.15) is 0 Å². The van der Waals surface area contributed by atoms with Crippen LogP contribution in [0.5, 0.6) is 17.2 Å². The van der Waals surface area contributed by atoms with E-state index < -0.39 is 0 Å². The number of nitrogens with zero attached hydrogens (tertiary/aromatic N) is 4. The van der Waals surface area contributed by atoms with E-state index in [-0.39, 0.29) is 40.1 Å². The highest BCUT2D eigenvalue weighted by molar-refractivity contribution is 5.76. The van der Waals surface area contributed by atoms with E-state index in [1.165, 1.54) is 36.4 Å². The Morgan fingerprint density at radius 1 is 0.543 bits per heavy atom. The molecule has 5 aromatic rings. The van der Waals surface area contributed by atoms with Crippen LogP contribution in [0.4, 0.5) is 5.69 Å². The van der Waals surface area contributed by atoms with Crippen LogP contribution in [0.2, 0.25) is 0 Å². The summed E-state index contributed by atoms with van der Waals surface area (Å²) in [6.45, 7) is 0. The van der Waals surface area contributed by atoms with Gasteiger partial charge in [0.1, 0.15) is 22.9 Å². The number of rotatable bonds is 5. The molecule has 0 aliphatic heterocycles. The van der Waals surface area contributed by atoms with Crippen LogP contribution in [0.15, 0.2) is 96.2 Å². The first kappa shape index (κ1) is 21.7. The molecule has 170 valence electrons. The number of nitroso groups, excluding NO2 is 1. The molecule has 0 spiro atoms.